The van der Waals surface area contributed by atoms with Crippen LogP contribution in [0.2, 0.25) is 0 Å². The highest BCUT2D eigenvalue weighted by molar-refractivity contribution is 5.40. The number of hydrogen-bond donors (Lipinski definition) is 2. The number of rotatable bonds is 4. The van der Waals surface area contributed by atoms with Crippen molar-refractivity contribution in [2.45, 2.75) is 12.1 Å². The van der Waals surface area contributed by atoms with Crippen molar-refractivity contribution in [1.29, 1.82) is 0 Å². The van der Waals surface area contributed by atoms with Crippen LogP contribution in [0.25, 0.3) is 5.82 Å². The molecule has 3 rings (SSSR count). The predicted octanol–water partition coefficient (Wildman–Crippen LogP) is 1.17. The molecule has 2 heterocycles. The first-order valence-electron chi connectivity index (χ1n) is 6.56. The van der Waals surface area contributed by atoms with E-state index in [0.29, 0.717) is 11.8 Å². The number of aromatic nitrogens is 4. The van der Waals surface area contributed by atoms with E-state index in [-0.39, 0.29) is 18.1 Å². The van der Waals surface area contributed by atoms with E-state index in [1.165, 1.54) is 4.68 Å². The second-order valence-corrected chi connectivity index (χ2v) is 4.53. The summed E-state index contributed by atoms with van der Waals surface area (Å²) in [5.74, 6) is 1.34. The molecule has 0 radical (unpaired) electrons. The van der Waals surface area contributed by atoms with Crippen molar-refractivity contribution in [1.82, 2.24) is 19.7 Å². The van der Waals surface area contributed by atoms with Crippen LogP contribution in [-0.2, 0) is 4.74 Å². The molecular formula is C14H16N6O. The first-order valence-corrected chi connectivity index (χ1v) is 6.56. The lowest BCUT2D eigenvalue weighted by molar-refractivity contribution is 0.134. The molecular weight excluding hydrogens is 268 g/mol. The molecule has 108 valence electrons. The Hall–Kier alpha value is -2.67. The molecule has 0 amide bonds. The van der Waals surface area contributed by atoms with Gasteiger partial charge in [-0.05, 0) is 12.1 Å². The molecule has 0 aliphatic heterocycles. The smallest absolute Gasteiger partial charge is 0.245 e. The summed E-state index contributed by atoms with van der Waals surface area (Å²) in [5.41, 5.74) is 5.89. The lowest BCUT2D eigenvalue weighted by Crippen LogP contribution is -2.33. The normalized spacial score (nSPS) is 20.6. The number of pyridine rings is 1. The summed E-state index contributed by atoms with van der Waals surface area (Å²) in [4.78, 5) is 8.42. The van der Waals surface area contributed by atoms with Crippen molar-refractivity contribution >= 4 is 11.9 Å². The number of methoxy groups -OCH3 is 1. The Bertz CT molecular complexity index is 663. The Morgan fingerprint density at radius 1 is 1.29 bits per heavy atom. The van der Waals surface area contributed by atoms with E-state index >= 15 is 0 Å². The van der Waals surface area contributed by atoms with Crippen LogP contribution in [0.15, 0.2) is 48.7 Å². The largest absolute Gasteiger partial charge is 0.375 e. The van der Waals surface area contributed by atoms with Crippen LogP contribution < -0.4 is 11.1 Å². The zero-order valence-corrected chi connectivity index (χ0v) is 11.5. The van der Waals surface area contributed by atoms with E-state index in [1.807, 2.05) is 42.5 Å². The molecule has 2 atom stereocenters. The van der Waals surface area contributed by atoms with Crippen molar-refractivity contribution in [2.24, 2.45) is 0 Å². The first-order chi connectivity index (χ1) is 10.3. The van der Waals surface area contributed by atoms with Gasteiger partial charge in [0.2, 0.25) is 11.9 Å². The highest BCUT2D eigenvalue weighted by Crippen LogP contribution is 2.16. The number of ether oxygens (including phenoxy) is 1. The van der Waals surface area contributed by atoms with E-state index in [0.717, 1.165) is 0 Å². The molecule has 0 saturated carbocycles. The fourth-order valence-corrected chi connectivity index (χ4v) is 2.12. The maximum absolute atomic E-state index is 5.89. The monoisotopic (exact) mass is 284 g/mol. The molecule has 0 saturated heterocycles. The van der Waals surface area contributed by atoms with E-state index in [2.05, 4.69) is 20.4 Å². The van der Waals surface area contributed by atoms with Gasteiger partial charge in [0.1, 0.15) is 0 Å². The van der Waals surface area contributed by atoms with Crippen LogP contribution in [0, 0.1) is 0 Å². The van der Waals surface area contributed by atoms with E-state index < -0.39 is 0 Å². The standard InChI is InChI=1S/C14H16N6O/c1-21-11-7-3-2-6-10(11)17-14-18-13(15)20(19-14)12-8-4-5-9-16-12/h2-11H,1H3,(H3,15,17,18,19). The highest BCUT2D eigenvalue weighted by Gasteiger charge is 2.20. The van der Waals surface area contributed by atoms with Gasteiger partial charge in [0.25, 0.3) is 0 Å². The third-order valence-electron chi connectivity index (χ3n) is 3.15. The molecule has 0 aromatic carbocycles. The number of nitrogens with two attached hydrogens (primary N) is 1. The molecule has 7 nitrogen and oxygen atoms in total. The van der Waals surface area contributed by atoms with Gasteiger partial charge < -0.3 is 15.8 Å². The third-order valence-corrected chi connectivity index (χ3v) is 3.15. The lowest BCUT2D eigenvalue weighted by atomic mass is 10.1. The number of hydrogen-bond acceptors (Lipinski definition) is 6. The van der Waals surface area contributed by atoms with Gasteiger partial charge in [-0.3, -0.25) is 0 Å². The Balaban J connectivity index is 1.82. The van der Waals surface area contributed by atoms with Crippen LogP contribution in [0.5, 0.6) is 0 Å². The number of nitrogens with one attached hydrogen (secondary N) is 1. The lowest BCUT2D eigenvalue weighted by Gasteiger charge is -2.22. The Morgan fingerprint density at radius 2 is 2.14 bits per heavy atom. The maximum atomic E-state index is 5.89. The van der Waals surface area contributed by atoms with Crippen molar-refractivity contribution in [3.63, 3.8) is 0 Å². The molecule has 1 aliphatic carbocycles. The fourth-order valence-electron chi connectivity index (χ4n) is 2.12. The Kier molecular flexibility index (Phi) is 3.65. The molecule has 2 aromatic heterocycles. The van der Waals surface area contributed by atoms with Crippen LogP contribution >= 0.6 is 0 Å². The molecule has 1 aliphatic rings. The van der Waals surface area contributed by atoms with Gasteiger partial charge in [0.05, 0.1) is 12.1 Å². The molecule has 2 unspecified atom stereocenters. The number of nitrogens with zero attached hydrogens (tertiary/aromatic N) is 4. The van der Waals surface area contributed by atoms with Crippen LogP contribution in [0.3, 0.4) is 0 Å². The average molecular weight is 284 g/mol. The van der Waals surface area contributed by atoms with Crippen molar-refractivity contribution in [2.75, 3.05) is 18.2 Å². The first kappa shape index (κ1) is 13.3. The van der Waals surface area contributed by atoms with Gasteiger partial charge in [0.15, 0.2) is 5.82 Å². The minimum absolute atomic E-state index is 0.0426. The second-order valence-electron chi connectivity index (χ2n) is 4.53. The summed E-state index contributed by atoms with van der Waals surface area (Å²) in [7, 11) is 1.66. The SMILES string of the molecule is COC1C=CC=CC1Nc1nc(N)n(-c2ccccn2)n1. The van der Waals surface area contributed by atoms with E-state index in [4.69, 9.17) is 10.5 Å². The van der Waals surface area contributed by atoms with Crippen molar-refractivity contribution in [3.05, 3.63) is 48.7 Å². The number of nitrogen functional groups attached to an aromatic ring is 1. The summed E-state index contributed by atoms with van der Waals surface area (Å²) in [5, 5.41) is 7.54. The summed E-state index contributed by atoms with van der Waals surface area (Å²) in [6.45, 7) is 0. The average Bonchev–Trinajstić information content (AvgIpc) is 2.89. The highest BCUT2D eigenvalue weighted by atomic mass is 16.5. The minimum Gasteiger partial charge on any atom is -0.375 e. The third kappa shape index (κ3) is 2.77. The van der Waals surface area contributed by atoms with Crippen LogP contribution in [0.4, 0.5) is 11.9 Å². The van der Waals surface area contributed by atoms with Crippen molar-refractivity contribution < 1.29 is 4.74 Å². The zero-order valence-electron chi connectivity index (χ0n) is 11.5. The fraction of sp³-hybridized carbons (Fsp3) is 0.214. The van der Waals surface area contributed by atoms with Gasteiger partial charge in [-0.1, -0.05) is 30.4 Å². The molecule has 21 heavy (non-hydrogen) atoms. The topological polar surface area (TPSA) is 90.9 Å². The maximum Gasteiger partial charge on any atom is 0.245 e. The van der Waals surface area contributed by atoms with Gasteiger partial charge in [-0.15, -0.1) is 5.10 Å². The van der Waals surface area contributed by atoms with Gasteiger partial charge in [0, 0.05) is 13.3 Å². The second kappa shape index (κ2) is 5.76. The molecule has 7 heteroatoms. The van der Waals surface area contributed by atoms with E-state index in [1.54, 1.807) is 13.3 Å². The quantitative estimate of drug-likeness (QED) is 0.875. The molecule has 0 spiro atoms. The van der Waals surface area contributed by atoms with Crippen molar-refractivity contribution in [3.8, 4) is 5.82 Å². The molecule has 3 N–H and O–H groups in total. The number of allylic oxidation sites excluding steroid dienone is 2. The van der Waals surface area contributed by atoms with Gasteiger partial charge in [-0.2, -0.15) is 9.67 Å². The summed E-state index contributed by atoms with van der Waals surface area (Å²) < 4.78 is 6.88. The van der Waals surface area contributed by atoms with Crippen LogP contribution in [0.1, 0.15) is 0 Å². The van der Waals surface area contributed by atoms with Gasteiger partial charge >= 0.3 is 0 Å². The molecule has 0 fully saturated rings. The molecule has 0 bridgehead atoms. The predicted molar refractivity (Wildman–Crippen MR) is 80.1 cm³/mol. The summed E-state index contributed by atoms with van der Waals surface area (Å²) in [6.07, 6.45) is 9.47. The Labute approximate surface area is 122 Å². The zero-order chi connectivity index (χ0) is 14.7. The van der Waals surface area contributed by atoms with E-state index in [9.17, 15) is 0 Å². The number of anilines is 2. The van der Waals surface area contributed by atoms with Crippen LogP contribution in [-0.4, -0.2) is 39.0 Å². The van der Waals surface area contributed by atoms with Gasteiger partial charge in [-0.25, -0.2) is 4.98 Å². The Morgan fingerprint density at radius 3 is 2.90 bits per heavy atom. The molecule has 2 aromatic rings. The minimum atomic E-state index is -0.0713. The summed E-state index contributed by atoms with van der Waals surface area (Å²) in [6, 6.07) is 5.47. The summed E-state index contributed by atoms with van der Waals surface area (Å²) >= 11 is 0.